The number of nitrogens with one attached hydrogen (secondary N) is 1. The van der Waals surface area contributed by atoms with E-state index in [0.717, 1.165) is 18.7 Å². The van der Waals surface area contributed by atoms with E-state index in [2.05, 4.69) is 46.6 Å². The van der Waals surface area contributed by atoms with Crippen molar-refractivity contribution in [2.75, 3.05) is 6.54 Å². The first-order valence-corrected chi connectivity index (χ1v) is 12.4. The Bertz CT molecular complexity index is 1530. The average Bonchev–Trinajstić information content (AvgIpc) is 3.35. The minimum Gasteiger partial charge on any atom is -0.470 e. The molecular formula is C28H27F3N6O. The second kappa shape index (κ2) is 10.7. The standard InChI is InChI=1S/C28H27F3N6O/c1-18(2)24(32-16-15-19-9-4-3-5-10-19)23-14-8-11-20(33-23)17-38-26-22-13-7-6-12-21(22)25-34-35-27(28(29,30)31)37(25)36-26/h3-14,18,24,32H,15-17H2,1-2H3. The summed E-state index contributed by atoms with van der Waals surface area (Å²) in [5, 5.41) is 15.8. The van der Waals surface area contributed by atoms with Crippen LogP contribution < -0.4 is 10.1 Å². The molecule has 196 valence electrons. The van der Waals surface area contributed by atoms with Crippen LogP contribution in [0, 0.1) is 5.92 Å². The van der Waals surface area contributed by atoms with Crippen molar-refractivity contribution in [1.82, 2.24) is 30.1 Å². The van der Waals surface area contributed by atoms with Crippen molar-refractivity contribution in [2.45, 2.75) is 39.1 Å². The third-order valence-corrected chi connectivity index (χ3v) is 6.27. The van der Waals surface area contributed by atoms with E-state index in [1.165, 1.54) is 5.56 Å². The van der Waals surface area contributed by atoms with Crippen molar-refractivity contribution in [3.63, 3.8) is 0 Å². The molecular weight excluding hydrogens is 493 g/mol. The molecule has 2 aromatic carbocycles. The maximum absolute atomic E-state index is 13.5. The van der Waals surface area contributed by atoms with Gasteiger partial charge in [-0.1, -0.05) is 68.4 Å². The SMILES string of the molecule is CC(C)C(NCCc1ccccc1)c1cccc(COc2nn3c(C(F)(F)F)nnc3c3ccccc23)n1. The first kappa shape index (κ1) is 25.6. The van der Waals surface area contributed by atoms with Gasteiger partial charge in [-0.3, -0.25) is 4.98 Å². The summed E-state index contributed by atoms with van der Waals surface area (Å²) in [5.74, 6) is -0.867. The molecule has 0 amide bonds. The zero-order valence-corrected chi connectivity index (χ0v) is 21.0. The average molecular weight is 521 g/mol. The maximum Gasteiger partial charge on any atom is 0.453 e. The fourth-order valence-electron chi connectivity index (χ4n) is 4.43. The summed E-state index contributed by atoms with van der Waals surface area (Å²) in [4.78, 5) is 4.80. The molecule has 1 unspecified atom stereocenters. The fourth-order valence-corrected chi connectivity index (χ4v) is 4.43. The highest BCUT2D eigenvalue weighted by molar-refractivity contribution is 5.96. The van der Waals surface area contributed by atoms with Crippen LogP contribution in [0.1, 0.15) is 42.7 Å². The van der Waals surface area contributed by atoms with Gasteiger partial charge in [0.2, 0.25) is 5.88 Å². The monoisotopic (exact) mass is 520 g/mol. The van der Waals surface area contributed by atoms with E-state index in [1.54, 1.807) is 24.3 Å². The van der Waals surface area contributed by atoms with Gasteiger partial charge in [-0.15, -0.1) is 15.3 Å². The highest BCUT2D eigenvalue weighted by atomic mass is 19.4. The molecule has 0 saturated carbocycles. The van der Waals surface area contributed by atoms with Crippen LogP contribution in [-0.4, -0.2) is 31.3 Å². The van der Waals surface area contributed by atoms with E-state index in [1.807, 2.05) is 36.4 Å². The van der Waals surface area contributed by atoms with Crippen LogP contribution in [-0.2, 0) is 19.2 Å². The number of ether oxygens (including phenoxy) is 1. The molecule has 0 saturated heterocycles. The van der Waals surface area contributed by atoms with Gasteiger partial charge in [0.1, 0.15) is 6.61 Å². The van der Waals surface area contributed by atoms with Gasteiger partial charge in [0.05, 0.1) is 17.4 Å². The van der Waals surface area contributed by atoms with Crippen LogP contribution in [0.3, 0.4) is 0 Å². The topological polar surface area (TPSA) is 77.2 Å². The summed E-state index contributed by atoms with van der Waals surface area (Å²) in [5.41, 5.74) is 2.79. The first-order chi connectivity index (χ1) is 18.3. The summed E-state index contributed by atoms with van der Waals surface area (Å²) >= 11 is 0. The molecule has 0 radical (unpaired) electrons. The zero-order valence-electron chi connectivity index (χ0n) is 21.0. The lowest BCUT2D eigenvalue weighted by Gasteiger charge is -2.22. The summed E-state index contributed by atoms with van der Waals surface area (Å²) < 4.78 is 47.1. The Kier molecular flexibility index (Phi) is 7.24. The van der Waals surface area contributed by atoms with E-state index in [4.69, 9.17) is 9.72 Å². The number of rotatable bonds is 9. The van der Waals surface area contributed by atoms with E-state index in [9.17, 15) is 13.2 Å². The lowest BCUT2D eigenvalue weighted by atomic mass is 9.99. The lowest BCUT2D eigenvalue weighted by Crippen LogP contribution is -2.28. The Labute approximate surface area is 217 Å². The smallest absolute Gasteiger partial charge is 0.453 e. The molecule has 10 heteroatoms. The van der Waals surface area contributed by atoms with Crippen LogP contribution in [0.5, 0.6) is 5.88 Å². The molecule has 7 nitrogen and oxygen atoms in total. The molecule has 0 aliphatic rings. The van der Waals surface area contributed by atoms with E-state index in [-0.39, 0.29) is 30.1 Å². The number of benzene rings is 2. The number of alkyl halides is 3. The Hall–Kier alpha value is -4.05. The molecule has 3 heterocycles. The van der Waals surface area contributed by atoms with Crippen molar-refractivity contribution < 1.29 is 17.9 Å². The normalized spacial score (nSPS) is 12.9. The largest absolute Gasteiger partial charge is 0.470 e. The van der Waals surface area contributed by atoms with Gasteiger partial charge in [0, 0.05) is 10.8 Å². The predicted molar refractivity (Wildman–Crippen MR) is 138 cm³/mol. The summed E-state index contributed by atoms with van der Waals surface area (Å²) in [6.45, 7) is 5.10. The Morgan fingerprint density at radius 2 is 1.63 bits per heavy atom. The van der Waals surface area contributed by atoms with Gasteiger partial charge in [0.25, 0.3) is 5.82 Å². The molecule has 1 atom stereocenters. The fraction of sp³-hybridized carbons (Fsp3) is 0.286. The second-order valence-corrected chi connectivity index (χ2v) is 9.36. The molecule has 0 aliphatic heterocycles. The molecule has 1 N–H and O–H groups in total. The van der Waals surface area contributed by atoms with E-state index >= 15 is 0 Å². The highest BCUT2D eigenvalue weighted by Gasteiger charge is 2.38. The number of nitrogens with zero attached hydrogens (tertiary/aromatic N) is 5. The Morgan fingerprint density at radius 1 is 0.895 bits per heavy atom. The minimum atomic E-state index is -4.71. The van der Waals surface area contributed by atoms with Crippen LogP contribution in [0.25, 0.3) is 16.4 Å². The van der Waals surface area contributed by atoms with Crippen molar-refractivity contribution in [2.24, 2.45) is 5.92 Å². The van der Waals surface area contributed by atoms with Crippen LogP contribution >= 0.6 is 0 Å². The van der Waals surface area contributed by atoms with Gasteiger partial charge in [-0.05, 0) is 42.6 Å². The van der Waals surface area contributed by atoms with E-state index in [0.29, 0.717) is 21.0 Å². The van der Waals surface area contributed by atoms with Crippen molar-refractivity contribution >= 4 is 16.4 Å². The maximum atomic E-state index is 13.5. The summed E-state index contributed by atoms with van der Waals surface area (Å²) in [7, 11) is 0. The zero-order chi connectivity index (χ0) is 26.7. The highest BCUT2D eigenvalue weighted by Crippen LogP contribution is 2.32. The minimum absolute atomic E-state index is 0.0155. The predicted octanol–water partition coefficient (Wildman–Crippen LogP) is 5.80. The second-order valence-electron chi connectivity index (χ2n) is 9.36. The van der Waals surface area contributed by atoms with Gasteiger partial charge in [-0.25, -0.2) is 0 Å². The number of pyridine rings is 1. The molecule has 5 aromatic rings. The molecule has 5 rings (SSSR count). The summed E-state index contributed by atoms with van der Waals surface area (Å²) in [6, 6.07) is 22.9. The van der Waals surface area contributed by atoms with Crippen molar-refractivity contribution in [1.29, 1.82) is 0 Å². The molecule has 0 aliphatic carbocycles. The van der Waals surface area contributed by atoms with Crippen LogP contribution in [0.4, 0.5) is 13.2 Å². The number of fused-ring (bicyclic) bond motifs is 3. The van der Waals surface area contributed by atoms with Gasteiger partial charge in [-0.2, -0.15) is 17.7 Å². The number of halogens is 3. The lowest BCUT2D eigenvalue weighted by molar-refractivity contribution is -0.146. The van der Waals surface area contributed by atoms with Crippen molar-refractivity contribution in [3.8, 4) is 5.88 Å². The molecule has 38 heavy (non-hydrogen) atoms. The van der Waals surface area contributed by atoms with Gasteiger partial charge >= 0.3 is 6.18 Å². The van der Waals surface area contributed by atoms with Gasteiger partial charge in [0.15, 0.2) is 5.65 Å². The third kappa shape index (κ3) is 5.45. The number of hydrogen-bond acceptors (Lipinski definition) is 6. The number of aromatic nitrogens is 5. The van der Waals surface area contributed by atoms with E-state index < -0.39 is 12.0 Å². The third-order valence-electron chi connectivity index (χ3n) is 6.27. The van der Waals surface area contributed by atoms with Crippen molar-refractivity contribution in [3.05, 3.63) is 95.6 Å². The molecule has 0 spiro atoms. The molecule has 0 fully saturated rings. The summed E-state index contributed by atoms with van der Waals surface area (Å²) in [6.07, 6.45) is -3.81. The molecule has 3 aromatic heterocycles. The Morgan fingerprint density at radius 3 is 2.37 bits per heavy atom. The molecule has 0 bridgehead atoms. The van der Waals surface area contributed by atoms with Gasteiger partial charge < -0.3 is 10.1 Å². The van der Waals surface area contributed by atoms with Crippen LogP contribution in [0.15, 0.2) is 72.8 Å². The number of hydrogen-bond donors (Lipinski definition) is 1. The quantitative estimate of drug-likeness (QED) is 0.265. The van der Waals surface area contributed by atoms with Crippen LogP contribution in [0.2, 0.25) is 0 Å². The Balaban J connectivity index is 1.37. The first-order valence-electron chi connectivity index (χ1n) is 12.4.